The van der Waals surface area contributed by atoms with Gasteiger partial charge in [-0.25, -0.2) is 0 Å². The first-order valence-electron chi connectivity index (χ1n) is 1.58. The average molecular weight is 259 g/mol. The van der Waals surface area contributed by atoms with Crippen LogP contribution in [0, 0.1) is 0 Å². The third-order valence-electron chi connectivity index (χ3n) is 0.486. The Morgan fingerprint density at radius 2 is 2.50 bits per heavy atom. The van der Waals surface area contributed by atoms with Gasteiger partial charge in [0.05, 0.1) is 0 Å². The van der Waals surface area contributed by atoms with Crippen molar-refractivity contribution in [2.24, 2.45) is 0 Å². The molecule has 0 saturated carbocycles. The molecule has 1 heterocycles. The number of rotatable bonds is 0. The van der Waals surface area contributed by atoms with Gasteiger partial charge in [0.15, 0.2) is 0 Å². The van der Waals surface area contributed by atoms with Crippen LogP contribution in [0.2, 0.25) is 0 Å². The van der Waals surface area contributed by atoms with Gasteiger partial charge in [0.25, 0.3) is 0 Å². The van der Waals surface area contributed by atoms with Crippen molar-refractivity contribution in [3.05, 3.63) is 18.7 Å². The Labute approximate surface area is 54.9 Å². The normalized spacial score (nSPS) is 8.83. The van der Waals surface area contributed by atoms with Gasteiger partial charge in [-0.1, -0.05) is 0 Å². The predicted octanol–water partition coefficient (Wildman–Crippen LogP) is 1.51. The molecular formula is C4H3BrTe. The van der Waals surface area contributed by atoms with E-state index in [0.29, 0.717) is 0 Å². The molecule has 0 aromatic carbocycles. The first-order chi connectivity index (χ1) is 2.89. The van der Waals surface area contributed by atoms with E-state index in [9.17, 15) is 0 Å². The van der Waals surface area contributed by atoms with Crippen molar-refractivity contribution in [3.63, 3.8) is 0 Å². The zero-order valence-corrected chi connectivity index (χ0v) is 6.93. The molecule has 2 heteroatoms. The van der Waals surface area contributed by atoms with Crippen molar-refractivity contribution in [3.8, 4) is 0 Å². The summed E-state index contributed by atoms with van der Waals surface area (Å²) in [5.74, 6) is 0. The minimum atomic E-state index is 0.130. The van der Waals surface area contributed by atoms with Crippen molar-refractivity contribution >= 4 is 36.4 Å². The van der Waals surface area contributed by atoms with Crippen LogP contribution in [-0.4, -0.2) is 20.4 Å². The number of hydrogen-bond acceptors (Lipinski definition) is 0. The zero-order chi connectivity index (χ0) is 4.41. The Bertz CT molecular complexity index is 111. The fraction of sp³-hybridized carbons (Fsp3) is 0. The molecule has 0 unspecified atom stereocenters. The van der Waals surface area contributed by atoms with Gasteiger partial charge in [0.2, 0.25) is 0 Å². The summed E-state index contributed by atoms with van der Waals surface area (Å²) >= 11 is 3.52. The van der Waals surface area contributed by atoms with Crippen molar-refractivity contribution in [1.29, 1.82) is 0 Å². The summed E-state index contributed by atoms with van der Waals surface area (Å²) in [5, 5.41) is 0. The Balaban J connectivity index is 3.05. The third-order valence-corrected chi connectivity index (χ3v) is 3.87. The second-order valence-corrected chi connectivity index (χ2v) is 6.11. The molecule has 0 bridgehead atoms. The standard InChI is InChI=1S/C4H3BrTe/c5-4-2-1-3-6-4/h1-3H. The van der Waals surface area contributed by atoms with E-state index in [1.165, 1.54) is 2.49 Å². The van der Waals surface area contributed by atoms with Crippen LogP contribution < -0.4 is 0 Å². The molecule has 0 aliphatic rings. The molecule has 0 spiro atoms. The van der Waals surface area contributed by atoms with Crippen LogP contribution in [0.25, 0.3) is 0 Å². The maximum absolute atomic E-state index is 3.39. The summed E-state index contributed by atoms with van der Waals surface area (Å²) < 4.78 is 3.66. The van der Waals surface area contributed by atoms with Gasteiger partial charge in [0.1, 0.15) is 0 Å². The summed E-state index contributed by atoms with van der Waals surface area (Å²) in [6, 6.07) is 4.22. The van der Waals surface area contributed by atoms with Crippen LogP contribution in [0.4, 0.5) is 0 Å². The molecule has 0 nitrogen and oxygen atoms in total. The molecule has 0 fully saturated rings. The summed E-state index contributed by atoms with van der Waals surface area (Å²) in [4.78, 5) is 0. The van der Waals surface area contributed by atoms with Crippen molar-refractivity contribution in [2.45, 2.75) is 0 Å². The molecule has 32 valence electrons. The van der Waals surface area contributed by atoms with Gasteiger partial charge in [0, 0.05) is 0 Å². The van der Waals surface area contributed by atoms with E-state index in [2.05, 4.69) is 32.1 Å². The molecule has 6 heavy (non-hydrogen) atoms. The molecule has 0 aliphatic heterocycles. The first-order valence-corrected chi connectivity index (χ1v) is 4.89. The molecule has 1 rings (SSSR count). The second kappa shape index (κ2) is 2.16. The molecule has 0 aliphatic carbocycles. The van der Waals surface area contributed by atoms with Gasteiger partial charge in [-0.3, -0.25) is 0 Å². The van der Waals surface area contributed by atoms with Crippen molar-refractivity contribution in [2.75, 3.05) is 0 Å². The van der Waals surface area contributed by atoms with Gasteiger partial charge in [-0.15, -0.1) is 0 Å². The second-order valence-electron chi connectivity index (χ2n) is 0.917. The molecule has 0 saturated heterocycles. The SMILES string of the molecule is Brc1ccc[te]1. The summed E-state index contributed by atoms with van der Waals surface area (Å²) in [7, 11) is 0. The maximum atomic E-state index is 3.39. The van der Waals surface area contributed by atoms with Crippen LogP contribution in [0.15, 0.2) is 18.7 Å². The van der Waals surface area contributed by atoms with Gasteiger partial charge < -0.3 is 0 Å². The van der Waals surface area contributed by atoms with E-state index in [4.69, 9.17) is 0 Å². The van der Waals surface area contributed by atoms with Crippen molar-refractivity contribution in [1.82, 2.24) is 0 Å². The zero-order valence-electron chi connectivity index (χ0n) is 3.02. The predicted molar refractivity (Wildman–Crippen MR) is 31.1 cm³/mol. The van der Waals surface area contributed by atoms with Crippen LogP contribution in [0.3, 0.4) is 0 Å². The fourth-order valence-electron chi connectivity index (χ4n) is 0.259. The van der Waals surface area contributed by atoms with E-state index in [1.807, 2.05) is 0 Å². The monoisotopic (exact) mass is 260 g/mol. The van der Waals surface area contributed by atoms with E-state index >= 15 is 0 Å². The van der Waals surface area contributed by atoms with Crippen LogP contribution in [0.5, 0.6) is 0 Å². The van der Waals surface area contributed by atoms with Gasteiger partial charge in [-0.05, 0) is 0 Å². The number of hydrogen-bond donors (Lipinski definition) is 0. The Kier molecular flexibility index (Phi) is 1.76. The molecule has 0 radical (unpaired) electrons. The Hall–Kier alpha value is 0.750. The molecule has 0 N–H and O–H groups in total. The van der Waals surface area contributed by atoms with Crippen LogP contribution >= 0.6 is 15.9 Å². The summed E-state index contributed by atoms with van der Waals surface area (Å²) in [6.45, 7) is 0. The summed E-state index contributed by atoms with van der Waals surface area (Å²) in [6.07, 6.45) is 0. The molecular weight excluding hydrogens is 256 g/mol. The quantitative estimate of drug-likeness (QED) is 0.619. The molecule has 0 atom stereocenters. The van der Waals surface area contributed by atoms with Gasteiger partial charge in [-0.2, -0.15) is 0 Å². The Morgan fingerprint density at radius 3 is 2.67 bits per heavy atom. The number of halogens is 1. The van der Waals surface area contributed by atoms with E-state index in [-0.39, 0.29) is 20.4 Å². The molecule has 0 amide bonds. The topological polar surface area (TPSA) is 0 Å². The fourth-order valence-corrected chi connectivity index (χ4v) is 2.40. The van der Waals surface area contributed by atoms with Crippen LogP contribution in [0.1, 0.15) is 0 Å². The van der Waals surface area contributed by atoms with E-state index in [1.54, 1.807) is 0 Å². The summed E-state index contributed by atoms with van der Waals surface area (Å²) in [5.41, 5.74) is 0. The first kappa shape index (κ1) is 4.90. The average Bonchev–Trinajstić information content (AvgIpc) is 1.86. The minimum absolute atomic E-state index is 0.130. The van der Waals surface area contributed by atoms with Gasteiger partial charge >= 0.3 is 55.1 Å². The van der Waals surface area contributed by atoms with E-state index < -0.39 is 0 Å². The molecule has 1 aromatic heterocycles. The Morgan fingerprint density at radius 1 is 1.67 bits per heavy atom. The van der Waals surface area contributed by atoms with Crippen LogP contribution in [-0.2, 0) is 0 Å². The van der Waals surface area contributed by atoms with Crippen molar-refractivity contribution < 1.29 is 0 Å². The van der Waals surface area contributed by atoms with E-state index in [0.717, 1.165) is 0 Å². The molecule has 1 aromatic rings. The third kappa shape index (κ3) is 1.11.